The summed E-state index contributed by atoms with van der Waals surface area (Å²) >= 11 is 5.90. The highest BCUT2D eigenvalue weighted by Gasteiger charge is 2.16. The Balaban J connectivity index is 1.56. The Morgan fingerprint density at radius 1 is 0.939 bits per heavy atom. The van der Waals surface area contributed by atoms with Crippen molar-refractivity contribution in [3.05, 3.63) is 102 Å². The van der Waals surface area contributed by atoms with Crippen LogP contribution in [0.4, 0.5) is 15.8 Å². The number of rotatable bonds is 5. The predicted octanol–water partition coefficient (Wildman–Crippen LogP) is 5.84. The van der Waals surface area contributed by atoms with Crippen LogP contribution in [0.1, 0.15) is 10.4 Å². The third-order valence-electron chi connectivity index (χ3n) is 4.94. The molecule has 1 heterocycles. The van der Waals surface area contributed by atoms with Crippen molar-refractivity contribution in [2.75, 3.05) is 11.1 Å². The second-order valence-electron chi connectivity index (χ2n) is 7.18. The highest BCUT2D eigenvalue weighted by Crippen LogP contribution is 2.28. The molecule has 0 radical (unpaired) electrons. The zero-order valence-corrected chi connectivity index (χ0v) is 18.7. The lowest BCUT2D eigenvalue weighted by atomic mass is 10.0. The Kier molecular flexibility index (Phi) is 6.13. The number of carbonyl (C=O) groups excluding carboxylic acids is 1. The fourth-order valence-corrected chi connectivity index (χ4v) is 4.70. The van der Waals surface area contributed by atoms with E-state index in [1.165, 1.54) is 54.9 Å². The van der Waals surface area contributed by atoms with Gasteiger partial charge in [-0.2, -0.15) is 0 Å². The smallest absolute Gasteiger partial charge is 0.255 e. The molecule has 33 heavy (non-hydrogen) atoms. The van der Waals surface area contributed by atoms with Crippen molar-refractivity contribution in [1.82, 2.24) is 4.98 Å². The van der Waals surface area contributed by atoms with Gasteiger partial charge in [-0.05, 0) is 65.7 Å². The molecular formula is C24H18ClFN4O2S. The maximum absolute atomic E-state index is 13.2. The van der Waals surface area contributed by atoms with Gasteiger partial charge >= 0.3 is 0 Å². The molecule has 4 aromatic rings. The lowest BCUT2D eigenvalue weighted by Crippen LogP contribution is -2.13. The summed E-state index contributed by atoms with van der Waals surface area (Å²) in [6.07, 6.45) is 2.73. The van der Waals surface area contributed by atoms with E-state index in [-0.39, 0.29) is 20.6 Å². The Morgan fingerprint density at radius 2 is 1.61 bits per heavy atom. The molecule has 0 fully saturated rings. The molecule has 1 unspecified atom stereocenters. The summed E-state index contributed by atoms with van der Waals surface area (Å²) in [5.41, 5.74) is 8.63. The number of nitrogens with zero attached hydrogens (tertiary/aromatic N) is 1. The van der Waals surface area contributed by atoms with E-state index in [1.807, 2.05) is 0 Å². The molecule has 1 aromatic heterocycles. The Labute approximate surface area is 195 Å². The summed E-state index contributed by atoms with van der Waals surface area (Å²) < 4.78 is 34.5. The summed E-state index contributed by atoms with van der Waals surface area (Å²) in [4.78, 5) is 17.1. The standard InChI is InChI=1S/C24H18ClFN4O2S/c25-18-12-21(14-29-13-18)33(28,32)20-8-3-16(4-9-20)24(31)30-23-11-17(5-10-22(23)27)15-1-6-19(26)7-2-15/h1-14,28H,27H2,(H,30,31). The molecule has 0 aliphatic rings. The van der Waals surface area contributed by atoms with Gasteiger partial charge in [-0.3, -0.25) is 9.78 Å². The maximum atomic E-state index is 13.2. The van der Waals surface area contributed by atoms with E-state index in [9.17, 15) is 13.4 Å². The van der Waals surface area contributed by atoms with Gasteiger partial charge in [0.25, 0.3) is 5.91 Å². The molecule has 0 saturated heterocycles. The van der Waals surface area contributed by atoms with Crippen molar-refractivity contribution in [3.8, 4) is 11.1 Å². The zero-order valence-electron chi connectivity index (χ0n) is 17.1. The van der Waals surface area contributed by atoms with Crippen LogP contribution in [0.3, 0.4) is 0 Å². The van der Waals surface area contributed by atoms with E-state index in [4.69, 9.17) is 22.1 Å². The van der Waals surface area contributed by atoms with E-state index in [1.54, 1.807) is 30.3 Å². The summed E-state index contributed by atoms with van der Waals surface area (Å²) in [5, 5.41) is 3.04. The van der Waals surface area contributed by atoms with E-state index in [2.05, 4.69) is 10.3 Å². The quantitative estimate of drug-likeness (QED) is 0.312. The van der Waals surface area contributed by atoms with E-state index >= 15 is 0 Å². The topological polar surface area (TPSA) is 109 Å². The van der Waals surface area contributed by atoms with Crippen molar-refractivity contribution in [1.29, 1.82) is 4.78 Å². The number of halogens is 2. The Bertz CT molecular complexity index is 1440. The van der Waals surface area contributed by atoms with Crippen LogP contribution in [0.25, 0.3) is 11.1 Å². The molecule has 0 bridgehead atoms. The van der Waals surface area contributed by atoms with Gasteiger partial charge in [0.1, 0.15) is 15.5 Å². The predicted molar refractivity (Wildman–Crippen MR) is 127 cm³/mol. The average molecular weight is 481 g/mol. The number of hydrogen-bond acceptors (Lipinski definition) is 5. The molecule has 0 aliphatic carbocycles. The molecule has 1 atom stereocenters. The molecule has 9 heteroatoms. The number of pyridine rings is 1. The van der Waals surface area contributed by atoms with E-state index in [0.29, 0.717) is 16.9 Å². The normalized spacial score (nSPS) is 12.7. The first-order chi connectivity index (χ1) is 15.7. The molecule has 1 amide bonds. The maximum Gasteiger partial charge on any atom is 0.255 e. The van der Waals surface area contributed by atoms with Crippen LogP contribution >= 0.6 is 11.6 Å². The number of carbonyl (C=O) groups is 1. The number of hydrogen-bond donors (Lipinski definition) is 3. The minimum atomic E-state index is -3.33. The number of aromatic nitrogens is 1. The number of anilines is 2. The third kappa shape index (κ3) is 4.87. The Morgan fingerprint density at radius 3 is 2.27 bits per heavy atom. The van der Waals surface area contributed by atoms with Crippen molar-refractivity contribution >= 4 is 38.6 Å². The molecule has 3 aromatic carbocycles. The fourth-order valence-electron chi connectivity index (χ4n) is 3.16. The van der Waals surface area contributed by atoms with E-state index in [0.717, 1.165) is 11.1 Å². The molecule has 6 nitrogen and oxygen atoms in total. The van der Waals surface area contributed by atoms with Crippen LogP contribution in [-0.2, 0) is 9.73 Å². The monoisotopic (exact) mass is 480 g/mol. The SMILES string of the molecule is N=S(=O)(c1ccc(C(=O)Nc2cc(-c3ccc(F)cc3)ccc2N)cc1)c1cncc(Cl)c1. The lowest BCUT2D eigenvalue weighted by molar-refractivity contribution is 0.102. The number of nitrogens with one attached hydrogen (secondary N) is 2. The highest BCUT2D eigenvalue weighted by molar-refractivity contribution is 7.92. The second-order valence-corrected chi connectivity index (χ2v) is 9.67. The number of amides is 1. The van der Waals surface area contributed by atoms with E-state index < -0.39 is 15.6 Å². The van der Waals surface area contributed by atoms with Crippen LogP contribution in [-0.4, -0.2) is 15.1 Å². The molecule has 0 aliphatic heterocycles. The first-order valence-corrected chi connectivity index (χ1v) is 11.6. The summed E-state index contributed by atoms with van der Waals surface area (Å²) in [5.74, 6) is -0.764. The van der Waals surface area contributed by atoms with Crippen LogP contribution in [0.5, 0.6) is 0 Å². The largest absolute Gasteiger partial charge is 0.397 e. The molecular weight excluding hydrogens is 463 g/mol. The molecule has 4 N–H and O–H groups in total. The van der Waals surface area contributed by atoms with Gasteiger partial charge in [0.05, 0.1) is 26.2 Å². The van der Waals surface area contributed by atoms with Crippen LogP contribution in [0.15, 0.2) is 95.0 Å². The first-order valence-electron chi connectivity index (χ1n) is 9.70. The minimum Gasteiger partial charge on any atom is -0.397 e. The van der Waals surface area contributed by atoms with Gasteiger partial charge < -0.3 is 11.1 Å². The van der Waals surface area contributed by atoms with Gasteiger partial charge in [-0.15, -0.1) is 0 Å². The summed E-state index contributed by atoms with van der Waals surface area (Å²) in [6, 6.07) is 18.5. The Hall–Kier alpha value is -3.75. The van der Waals surface area contributed by atoms with Gasteiger partial charge in [0.15, 0.2) is 0 Å². The van der Waals surface area contributed by atoms with Crippen molar-refractivity contribution in [2.24, 2.45) is 0 Å². The van der Waals surface area contributed by atoms with Crippen LogP contribution < -0.4 is 11.1 Å². The number of benzene rings is 3. The fraction of sp³-hybridized carbons (Fsp3) is 0. The van der Waals surface area contributed by atoms with Gasteiger partial charge in [-0.25, -0.2) is 13.4 Å². The minimum absolute atomic E-state index is 0.178. The van der Waals surface area contributed by atoms with Crippen LogP contribution in [0.2, 0.25) is 5.02 Å². The molecule has 4 rings (SSSR count). The third-order valence-corrected chi connectivity index (χ3v) is 6.97. The number of nitrogen functional groups attached to an aromatic ring is 1. The van der Waals surface area contributed by atoms with Crippen LogP contribution in [0, 0.1) is 10.6 Å². The molecule has 166 valence electrons. The van der Waals surface area contributed by atoms with Crippen molar-refractivity contribution < 1.29 is 13.4 Å². The second kappa shape index (κ2) is 9.01. The lowest BCUT2D eigenvalue weighted by Gasteiger charge is -2.12. The first kappa shape index (κ1) is 22.4. The van der Waals surface area contributed by atoms with Crippen molar-refractivity contribution in [3.63, 3.8) is 0 Å². The zero-order chi connectivity index (χ0) is 23.6. The highest BCUT2D eigenvalue weighted by atomic mass is 35.5. The average Bonchev–Trinajstić information content (AvgIpc) is 2.81. The summed E-state index contributed by atoms with van der Waals surface area (Å²) in [7, 11) is -3.33. The number of nitrogens with two attached hydrogens (primary N) is 1. The molecule has 0 spiro atoms. The van der Waals surface area contributed by atoms with Gasteiger partial charge in [-0.1, -0.05) is 29.8 Å². The van der Waals surface area contributed by atoms with Crippen molar-refractivity contribution in [2.45, 2.75) is 9.79 Å². The molecule has 0 saturated carbocycles. The van der Waals surface area contributed by atoms with Gasteiger partial charge in [0.2, 0.25) is 0 Å². The summed E-state index contributed by atoms with van der Waals surface area (Å²) in [6.45, 7) is 0. The van der Waals surface area contributed by atoms with Gasteiger partial charge in [0, 0.05) is 18.0 Å².